The molecular formula is C14H31IN4O2. The fourth-order valence-electron chi connectivity index (χ4n) is 1.33. The SMILES string of the molecule is CCNC(=NCCOCC)NCCNC(=O)C(C)(C)C.I. The van der Waals surface area contributed by atoms with Gasteiger partial charge in [0.15, 0.2) is 5.96 Å². The van der Waals surface area contributed by atoms with Gasteiger partial charge in [-0.25, -0.2) is 0 Å². The summed E-state index contributed by atoms with van der Waals surface area (Å²) < 4.78 is 5.24. The average molecular weight is 414 g/mol. The molecule has 0 heterocycles. The van der Waals surface area contributed by atoms with Crippen LogP contribution in [0.2, 0.25) is 0 Å². The number of nitrogens with zero attached hydrogens (tertiary/aromatic N) is 1. The molecule has 3 N–H and O–H groups in total. The van der Waals surface area contributed by atoms with Crippen LogP contribution >= 0.6 is 24.0 Å². The maximum atomic E-state index is 11.7. The van der Waals surface area contributed by atoms with Crippen molar-refractivity contribution in [3.63, 3.8) is 0 Å². The molecular weight excluding hydrogens is 383 g/mol. The molecule has 6 nitrogen and oxygen atoms in total. The van der Waals surface area contributed by atoms with E-state index < -0.39 is 0 Å². The van der Waals surface area contributed by atoms with E-state index in [0.717, 1.165) is 12.5 Å². The number of ether oxygens (including phenoxy) is 1. The van der Waals surface area contributed by atoms with E-state index in [-0.39, 0.29) is 35.3 Å². The van der Waals surface area contributed by atoms with E-state index in [1.54, 1.807) is 0 Å². The lowest BCUT2D eigenvalue weighted by Gasteiger charge is -2.18. The summed E-state index contributed by atoms with van der Waals surface area (Å²) >= 11 is 0. The number of amides is 1. The Morgan fingerprint density at radius 3 is 2.24 bits per heavy atom. The van der Waals surface area contributed by atoms with Crippen LogP contribution in [0.5, 0.6) is 0 Å². The second kappa shape index (κ2) is 13.1. The monoisotopic (exact) mass is 414 g/mol. The zero-order valence-electron chi connectivity index (χ0n) is 13.9. The van der Waals surface area contributed by atoms with Crippen molar-refractivity contribution in [3.05, 3.63) is 0 Å². The Morgan fingerprint density at radius 1 is 1.10 bits per heavy atom. The highest BCUT2D eigenvalue weighted by Gasteiger charge is 2.20. The number of carbonyl (C=O) groups is 1. The largest absolute Gasteiger partial charge is 0.380 e. The molecule has 0 aromatic rings. The molecule has 7 heteroatoms. The highest BCUT2D eigenvalue weighted by Crippen LogP contribution is 2.11. The first-order chi connectivity index (χ1) is 9.41. The predicted molar refractivity (Wildman–Crippen MR) is 98.4 cm³/mol. The Kier molecular flexibility index (Phi) is 14.2. The number of hydrogen-bond acceptors (Lipinski definition) is 3. The predicted octanol–water partition coefficient (Wildman–Crippen LogP) is 1.36. The summed E-state index contributed by atoms with van der Waals surface area (Å²) in [5, 5.41) is 9.21. The van der Waals surface area contributed by atoms with Crippen LogP contribution in [0.25, 0.3) is 0 Å². The molecule has 0 aliphatic rings. The molecule has 0 rings (SSSR count). The molecule has 0 aromatic heterocycles. The molecule has 0 unspecified atom stereocenters. The van der Waals surface area contributed by atoms with Crippen LogP contribution in [0.3, 0.4) is 0 Å². The van der Waals surface area contributed by atoms with E-state index in [0.29, 0.717) is 32.8 Å². The number of rotatable bonds is 8. The first kappa shape index (κ1) is 22.7. The molecule has 0 spiro atoms. The highest BCUT2D eigenvalue weighted by molar-refractivity contribution is 14.0. The first-order valence-corrected chi connectivity index (χ1v) is 7.30. The number of halogens is 1. The molecule has 0 saturated carbocycles. The normalized spacial score (nSPS) is 11.6. The Labute approximate surface area is 145 Å². The molecule has 0 aliphatic carbocycles. The van der Waals surface area contributed by atoms with Gasteiger partial charge in [0.1, 0.15) is 0 Å². The maximum Gasteiger partial charge on any atom is 0.225 e. The lowest BCUT2D eigenvalue weighted by molar-refractivity contribution is -0.128. The third-order valence-electron chi connectivity index (χ3n) is 2.44. The summed E-state index contributed by atoms with van der Waals surface area (Å²) in [6.45, 7) is 13.6. The molecule has 1 amide bonds. The van der Waals surface area contributed by atoms with Crippen molar-refractivity contribution in [2.45, 2.75) is 34.6 Å². The topological polar surface area (TPSA) is 74.8 Å². The second-order valence-corrected chi connectivity index (χ2v) is 5.39. The van der Waals surface area contributed by atoms with Crippen molar-refractivity contribution < 1.29 is 9.53 Å². The van der Waals surface area contributed by atoms with Gasteiger partial charge in [0, 0.05) is 31.7 Å². The second-order valence-electron chi connectivity index (χ2n) is 5.39. The van der Waals surface area contributed by atoms with E-state index in [1.165, 1.54) is 0 Å². The molecule has 0 atom stereocenters. The van der Waals surface area contributed by atoms with Crippen LogP contribution in [-0.2, 0) is 9.53 Å². The van der Waals surface area contributed by atoms with Gasteiger partial charge in [0.2, 0.25) is 5.91 Å². The van der Waals surface area contributed by atoms with Crippen LogP contribution in [0.15, 0.2) is 4.99 Å². The molecule has 0 bridgehead atoms. The number of nitrogens with one attached hydrogen (secondary N) is 3. The molecule has 0 saturated heterocycles. The summed E-state index contributed by atoms with van der Waals surface area (Å²) in [5.41, 5.74) is -0.351. The van der Waals surface area contributed by atoms with Gasteiger partial charge >= 0.3 is 0 Å². The summed E-state index contributed by atoms with van der Waals surface area (Å²) in [7, 11) is 0. The van der Waals surface area contributed by atoms with Crippen molar-refractivity contribution in [2.24, 2.45) is 10.4 Å². The quantitative estimate of drug-likeness (QED) is 0.243. The number of carbonyl (C=O) groups excluding carboxylic acids is 1. The average Bonchev–Trinajstić information content (AvgIpc) is 2.38. The van der Waals surface area contributed by atoms with Gasteiger partial charge in [-0.1, -0.05) is 20.8 Å². The summed E-state index contributed by atoms with van der Waals surface area (Å²) in [6.07, 6.45) is 0. The summed E-state index contributed by atoms with van der Waals surface area (Å²) in [4.78, 5) is 16.1. The fraction of sp³-hybridized carbons (Fsp3) is 0.857. The van der Waals surface area contributed by atoms with Crippen molar-refractivity contribution in [1.82, 2.24) is 16.0 Å². The molecule has 0 aromatic carbocycles. The lowest BCUT2D eigenvalue weighted by atomic mass is 9.96. The minimum absolute atomic E-state index is 0. The third-order valence-corrected chi connectivity index (χ3v) is 2.44. The van der Waals surface area contributed by atoms with E-state index >= 15 is 0 Å². The maximum absolute atomic E-state index is 11.7. The summed E-state index contributed by atoms with van der Waals surface area (Å²) in [5.74, 6) is 0.801. The van der Waals surface area contributed by atoms with Crippen LogP contribution in [-0.4, -0.2) is 51.3 Å². The van der Waals surface area contributed by atoms with Crippen molar-refractivity contribution in [2.75, 3.05) is 39.4 Å². The van der Waals surface area contributed by atoms with Gasteiger partial charge in [-0.2, -0.15) is 0 Å². The molecule has 21 heavy (non-hydrogen) atoms. The Balaban J connectivity index is 0. The number of hydrogen-bond donors (Lipinski definition) is 3. The highest BCUT2D eigenvalue weighted by atomic mass is 127. The number of guanidine groups is 1. The van der Waals surface area contributed by atoms with Gasteiger partial charge in [-0.05, 0) is 13.8 Å². The fourth-order valence-corrected chi connectivity index (χ4v) is 1.33. The summed E-state index contributed by atoms with van der Waals surface area (Å²) in [6, 6.07) is 0. The van der Waals surface area contributed by atoms with Gasteiger partial charge in [0.05, 0.1) is 13.2 Å². The van der Waals surface area contributed by atoms with Gasteiger partial charge in [0.25, 0.3) is 0 Å². The standard InChI is InChI=1S/C14H30N4O2.HI/c1-6-15-13(18-10-11-20-7-2)17-9-8-16-12(19)14(3,4)5;/h6-11H2,1-5H3,(H,16,19)(H2,15,17,18);1H. The van der Waals surface area contributed by atoms with E-state index in [1.807, 2.05) is 34.6 Å². The van der Waals surface area contributed by atoms with Crippen molar-refractivity contribution >= 4 is 35.8 Å². The Hall–Kier alpha value is -0.570. The first-order valence-electron chi connectivity index (χ1n) is 7.30. The van der Waals surface area contributed by atoms with Crippen LogP contribution in [0.1, 0.15) is 34.6 Å². The van der Waals surface area contributed by atoms with E-state index in [2.05, 4.69) is 20.9 Å². The lowest BCUT2D eigenvalue weighted by Crippen LogP contribution is -2.43. The Bertz CT molecular complexity index is 304. The van der Waals surface area contributed by atoms with Crippen LogP contribution in [0.4, 0.5) is 0 Å². The van der Waals surface area contributed by atoms with Gasteiger partial charge in [-0.3, -0.25) is 9.79 Å². The minimum atomic E-state index is -0.351. The molecule has 0 aliphatic heterocycles. The smallest absolute Gasteiger partial charge is 0.225 e. The Morgan fingerprint density at radius 2 is 1.71 bits per heavy atom. The zero-order chi connectivity index (χ0) is 15.4. The van der Waals surface area contributed by atoms with E-state index in [9.17, 15) is 4.79 Å². The van der Waals surface area contributed by atoms with Crippen LogP contribution < -0.4 is 16.0 Å². The molecule has 0 radical (unpaired) electrons. The van der Waals surface area contributed by atoms with Gasteiger partial charge in [-0.15, -0.1) is 24.0 Å². The minimum Gasteiger partial charge on any atom is -0.380 e. The zero-order valence-corrected chi connectivity index (χ0v) is 16.2. The van der Waals surface area contributed by atoms with E-state index in [4.69, 9.17) is 4.74 Å². The third kappa shape index (κ3) is 12.9. The van der Waals surface area contributed by atoms with Crippen molar-refractivity contribution in [3.8, 4) is 0 Å². The van der Waals surface area contributed by atoms with Crippen LogP contribution in [0, 0.1) is 5.41 Å². The van der Waals surface area contributed by atoms with Gasteiger partial charge < -0.3 is 20.7 Å². The number of aliphatic imine (C=N–C) groups is 1. The van der Waals surface area contributed by atoms with Crippen molar-refractivity contribution in [1.29, 1.82) is 0 Å². The molecule has 126 valence electrons. The molecule has 0 fully saturated rings.